The number of anilines is 1. The van der Waals surface area contributed by atoms with Crippen molar-refractivity contribution in [2.45, 2.75) is 13.3 Å². The highest BCUT2D eigenvalue weighted by Crippen LogP contribution is 2.33. The summed E-state index contributed by atoms with van der Waals surface area (Å²) >= 11 is 1.45. The number of benzene rings is 1. The van der Waals surface area contributed by atoms with Gasteiger partial charge in [0.05, 0.1) is 17.0 Å². The van der Waals surface area contributed by atoms with Crippen molar-refractivity contribution in [2.75, 3.05) is 12.8 Å². The topological polar surface area (TPSA) is 74.2 Å². The first-order valence-corrected chi connectivity index (χ1v) is 7.30. The lowest BCUT2D eigenvalue weighted by Crippen LogP contribution is -1.95. The molecule has 0 bridgehead atoms. The summed E-state index contributed by atoms with van der Waals surface area (Å²) in [4.78, 5) is 5.37. The number of methoxy groups -OCH3 is 1. The molecule has 0 aliphatic heterocycles. The average molecular weight is 301 g/mol. The summed E-state index contributed by atoms with van der Waals surface area (Å²) in [5, 5.41) is 4.78. The highest BCUT2D eigenvalue weighted by Gasteiger charge is 2.15. The van der Waals surface area contributed by atoms with Gasteiger partial charge < -0.3 is 15.0 Å². The van der Waals surface area contributed by atoms with Gasteiger partial charge in [-0.1, -0.05) is 23.4 Å². The highest BCUT2D eigenvalue weighted by atomic mass is 32.1. The van der Waals surface area contributed by atoms with E-state index in [0.29, 0.717) is 18.1 Å². The molecule has 1 aromatic carbocycles. The zero-order valence-electron chi connectivity index (χ0n) is 11.8. The Hall–Kier alpha value is -2.34. The molecule has 2 heterocycles. The van der Waals surface area contributed by atoms with Gasteiger partial charge in [-0.3, -0.25) is 0 Å². The van der Waals surface area contributed by atoms with Crippen LogP contribution in [0.25, 0.3) is 10.8 Å². The fourth-order valence-electron chi connectivity index (χ4n) is 2.16. The summed E-state index contributed by atoms with van der Waals surface area (Å²) in [5.41, 5.74) is 7.87. The number of aryl methyl sites for hydroxylation is 1. The van der Waals surface area contributed by atoms with Gasteiger partial charge in [0, 0.05) is 12.0 Å². The first-order valence-electron chi connectivity index (χ1n) is 6.48. The van der Waals surface area contributed by atoms with Crippen LogP contribution in [0.3, 0.4) is 0 Å². The molecule has 2 N–H and O–H groups in total. The van der Waals surface area contributed by atoms with Crippen LogP contribution in [0.2, 0.25) is 0 Å². The average Bonchev–Trinajstić information content (AvgIpc) is 3.06. The summed E-state index contributed by atoms with van der Waals surface area (Å²) in [6, 6.07) is 9.71. The zero-order valence-corrected chi connectivity index (χ0v) is 12.6. The van der Waals surface area contributed by atoms with Gasteiger partial charge in [0.15, 0.2) is 5.82 Å². The fourth-order valence-corrected chi connectivity index (χ4v) is 3.02. The molecule has 0 spiro atoms. The minimum Gasteiger partial charge on any atom is -0.496 e. The van der Waals surface area contributed by atoms with Crippen LogP contribution in [0.15, 0.2) is 34.9 Å². The number of nitrogens with two attached hydrogens (primary N) is 1. The molecule has 0 saturated carbocycles. The lowest BCUT2D eigenvalue weighted by molar-refractivity contribution is 0.408. The molecular formula is C15H15N3O2S. The van der Waals surface area contributed by atoms with Gasteiger partial charge in [0.1, 0.15) is 5.75 Å². The predicted octanol–water partition coefficient (Wildman–Crippen LogP) is 3.29. The molecule has 21 heavy (non-hydrogen) atoms. The number of para-hydroxylation sites is 1. The maximum atomic E-state index is 5.80. The summed E-state index contributed by atoms with van der Waals surface area (Å²) in [5.74, 6) is 1.96. The number of aromatic nitrogens is 2. The molecule has 0 unspecified atom stereocenters. The largest absolute Gasteiger partial charge is 0.496 e. The van der Waals surface area contributed by atoms with Gasteiger partial charge >= 0.3 is 0 Å². The Balaban J connectivity index is 1.87. The second-order valence-electron chi connectivity index (χ2n) is 4.67. The summed E-state index contributed by atoms with van der Waals surface area (Å²) in [6.45, 7) is 1.98. The van der Waals surface area contributed by atoms with Crippen LogP contribution < -0.4 is 10.5 Å². The maximum absolute atomic E-state index is 5.80. The van der Waals surface area contributed by atoms with Crippen LogP contribution in [0.5, 0.6) is 5.75 Å². The number of thiophene rings is 1. The van der Waals surface area contributed by atoms with Crippen molar-refractivity contribution in [3.05, 3.63) is 47.3 Å². The number of nitrogens with zero attached hydrogens (tertiary/aromatic N) is 2. The van der Waals surface area contributed by atoms with Gasteiger partial charge in [-0.05, 0) is 24.6 Å². The van der Waals surface area contributed by atoms with Crippen LogP contribution in [-0.4, -0.2) is 17.3 Å². The molecule has 3 aromatic rings. The minimum atomic E-state index is 0.513. The highest BCUT2D eigenvalue weighted by molar-refractivity contribution is 7.19. The molecule has 6 heteroatoms. The molecule has 0 radical (unpaired) electrons. The van der Waals surface area contributed by atoms with Crippen molar-refractivity contribution in [3.8, 4) is 16.5 Å². The van der Waals surface area contributed by atoms with E-state index in [-0.39, 0.29) is 0 Å². The van der Waals surface area contributed by atoms with E-state index in [0.717, 1.165) is 26.8 Å². The van der Waals surface area contributed by atoms with E-state index >= 15 is 0 Å². The van der Waals surface area contributed by atoms with Crippen LogP contribution in [-0.2, 0) is 6.42 Å². The van der Waals surface area contributed by atoms with E-state index < -0.39 is 0 Å². The molecule has 3 rings (SSSR count). The Bertz CT molecular complexity index is 764. The normalized spacial score (nSPS) is 10.8. The van der Waals surface area contributed by atoms with Crippen molar-refractivity contribution in [3.63, 3.8) is 0 Å². The number of ether oxygens (including phenoxy) is 1. The van der Waals surface area contributed by atoms with Crippen LogP contribution in [0.4, 0.5) is 5.00 Å². The Morgan fingerprint density at radius 1 is 1.33 bits per heavy atom. The van der Waals surface area contributed by atoms with E-state index in [4.69, 9.17) is 15.0 Å². The smallest absolute Gasteiger partial charge is 0.268 e. The second kappa shape index (κ2) is 5.57. The van der Waals surface area contributed by atoms with Gasteiger partial charge in [-0.25, -0.2) is 0 Å². The van der Waals surface area contributed by atoms with Crippen LogP contribution >= 0.6 is 11.3 Å². The van der Waals surface area contributed by atoms with E-state index in [9.17, 15) is 0 Å². The number of hydrogen-bond donors (Lipinski definition) is 1. The molecular weight excluding hydrogens is 286 g/mol. The Kier molecular flexibility index (Phi) is 3.62. The standard InChI is InChI=1S/C15H15N3O2S/c1-9-7-12(16)21-14(9)15-17-13(18-20-15)8-10-5-3-4-6-11(10)19-2/h3-7H,8,16H2,1-2H3. The van der Waals surface area contributed by atoms with E-state index in [1.165, 1.54) is 11.3 Å². The third kappa shape index (κ3) is 2.75. The van der Waals surface area contributed by atoms with Crippen molar-refractivity contribution < 1.29 is 9.26 Å². The van der Waals surface area contributed by atoms with Crippen LogP contribution in [0, 0.1) is 6.92 Å². The van der Waals surface area contributed by atoms with Crippen molar-refractivity contribution in [1.82, 2.24) is 10.1 Å². The lowest BCUT2D eigenvalue weighted by atomic mass is 10.1. The first-order chi connectivity index (χ1) is 10.2. The van der Waals surface area contributed by atoms with Gasteiger partial charge in [-0.15, -0.1) is 11.3 Å². The SMILES string of the molecule is COc1ccccc1Cc1noc(-c2sc(N)cc2C)n1. The Morgan fingerprint density at radius 2 is 2.14 bits per heavy atom. The first kappa shape index (κ1) is 13.6. The molecule has 5 nitrogen and oxygen atoms in total. The van der Waals surface area contributed by atoms with E-state index in [1.54, 1.807) is 7.11 Å². The zero-order chi connectivity index (χ0) is 14.8. The minimum absolute atomic E-state index is 0.513. The summed E-state index contributed by atoms with van der Waals surface area (Å²) < 4.78 is 10.7. The third-order valence-corrected chi connectivity index (χ3v) is 4.19. The quantitative estimate of drug-likeness (QED) is 0.800. The number of nitrogen functional groups attached to an aromatic ring is 1. The molecule has 0 aliphatic rings. The molecule has 0 fully saturated rings. The second-order valence-corrected chi connectivity index (χ2v) is 5.75. The predicted molar refractivity (Wildman–Crippen MR) is 82.6 cm³/mol. The molecule has 0 saturated heterocycles. The summed E-state index contributed by atoms with van der Waals surface area (Å²) in [7, 11) is 1.65. The fraction of sp³-hybridized carbons (Fsp3) is 0.200. The molecule has 0 aliphatic carbocycles. The maximum Gasteiger partial charge on any atom is 0.268 e. The Labute approximate surface area is 126 Å². The van der Waals surface area contributed by atoms with Crippen molar-refractivity contribution in [1.29, 1.82) is 0 Å². The van der Waals surface area contributed by atoms with Crippen molar-refractivity contribution >= 4 is 16.3 Å². The lowest BCUT2D eigenvalue weighted by Gasteiger charge is -2.04. The number of rotatable bonds is 4. The molecule has 0 amide bonds. The van der Waals surface area contributed by atoms with Gasteiger partial charge in [-0.2, -0.15) is 4.98 Å². The molecule has 2 aromatic heterocycles. The van der Waals surface area contributed by atoms with E-state index in [2.05, 4.69) is 10.1 Å². The van der Waals surface area contributed by atoms with Crippen LogP contribution in [0.1, 0.15) is 17.0 Å². The van der Waals surface area contributed by atoms with Gasteiger partial charge in [0.2, 0.25) is 0 Å². The Morgan fingerprint density at radius 3 is 2.86 bits per heavy atom. The molecule has 108 valence electrons. The number of hydrogen-bond acceptors (Lipinski definition) is 6. The van der Waals surface area contributed by atoms with E-state index in [1.807, 2.05) is 37.3 Å². The van der Waals surface area contributed by atoms with Gasteiger partial charge in [0.25, 0.3) is 5.89 Å². The summed E-state index contributed by atoms with van der Waals surface area (Å²) in [6.07, 6.45) is 0.563. The molecule has 0 atom stereocenters. The third-order valence-electron chi connectivity index (χ3n) is 3.14. The monoisotopic (exact) mass is 301 g/mol. The van der Waals surface area contributed by atoms with Crippen molar-refractivity contribution in [2.24, 2.45) is 0 Å².